The van der Waals surface area contributed by atoms with Crippen molar-refractivity contribution >= 4 is 39.0 Å². The number of nitrogen functional groups attached to an aromatic ring is 1. The molecule has 3 rings (SSSR count). The minimum absolute atomic E-state index is 0.127. The molecule has 2 aliphatic rings. The maximum Gasteiger partial charge on any atom is 0.209 e. The molecule has 1 aromatic carbocycles. The molecule has 0 aromatic heterocycles. The molecular formula is C13H9BrN2O. The maximum atomic E-state index is 12.0. The number of hydrogen-bond acceptors (Lipinski definition) is 3. The lowest BCUT2D eigenvalue weighted by Gasteiger charge is -2.13. The first-order valence-electron chi connectivity index (χ1n) is 5.11. The number of Topliss-reactive ketones (excluding diaryl/α,β-unsaturated/α-hetero) is 1. The van der Waals surface area contributed by atoms with Crippen LogP contribution in [0.15, 0.2) is 40.0 Å². The highest BCUT2D eigenvalue weighted by Crippen LogP contribution is 2.43. The minimum Gasteiger partial charge on any atom is -0.399 e. The molecule has 0 radical (unpaired) electrons. The number of nitrogens with two attached hydrogens (primary N) is 2. The molecule has 0 atom stereocenters. The number of benzene rings is 1. The Kier molecular flexibility index (Phi) is 2.03. The highest BCUT2D eigenvalue weighted by atomic mass is 79.9. The van der Waals surface area contributed by atoms with Gasteiger partial charge >= 0.3 is 0 Å². The van der Waals surface area contributed by atoms with Crippen molar-refractivity contribution in [1.29, 1.82) is 0 Å². The highest BCUT2D eigenvalue weighted by molar-refractivity contribution is 9.12. The van der Waals surface area contributed by atoms with E-state index in [1.807, 2.05) is 24.3 Å². The van der Waals surface area contributed by atoms with E-state index in [1.54, 1.807) is 6.08 Å². The van der Waals surface area contributed by atoms with E-state index in [0.717, 1.165) is 21.2 Å². The normalized spacial score (nSPS) is 17.6. The van der Waals surface area contributed by atoms with Crippen LogP contribution in [0.2, 0.25) is 0 Å². The van der Waals surface area contributed by atoms with Crippen LogP contribution in [0.25, 0.3) is 11.6 Å². The summed E-state index contributed by atoms with van der Waals surface area (Å²) in [4.78, 5) is 12.0. The number of ketones is 1. The monoisotopic (exact) mass is 288 g/mol. The summed E-state index contributed by atoms with van der Waals surface area (Å²) in [5.41, 5.74) is 15.9. The van der Waals surface area contributed by atoms with Gasteiger partial charge in [0.2, 0.25) is 5.78 Å². The molecule has 4 N–H and O–H groups in total. The summed E-state index contributed by atoms with van der Waals surface area (Å²) in [6.45, 7) is 0. The van der Waals surface area contributed by atoms with Gasteiger partial charge in [0, 0.05) is 21.3 Å². The predicted molar refractivity (Wildman–Crippen MR) is 72.0 cm³/mol. The average molecular weight is 289 g/mol. The fourth-order valence-electron chi connectivity index (χ4n) is 2.17. The van der Waals surface area contributed by atoms with Crippen molar-refractivity contribution in [1.82, 2.24) is 0 Å². The van der Waals surface area contributed by atoms with Gasteiger partial charge in [0.15, 0.2) is 0 Å². The number of carbonyl (C=O) groups excluding carboxylic acids is 1. The Bertz CT molecular complexity index is 653. The van der Waals surface area contributed by atoms with Crippen LogP contribution in [0.3, 0.4) is 0 Å². The highest BCUT2D eigenvalue weighted by Gasteiger charge is 2.30. The molecule has 2 aliphatic carbocycles. The largest absolute Gasteiger partial charge is 0.399 e. The Morgan fingerprint density at radius 1 is 1.12 bits per heavy atom. The van der Waals surface area contributed by atoms with Crippen LogP contribution in [-0.2, 0) is 4.79 Å². The van der Waals surface area contributed by atoms with Crippen LogP contribution < -0.4 is 11.5 Å². The van der Waals surface area contributed by atoms with Gasteiger partial charge in [0.05, 0.1) is 5.70 Å². The molecule has 0 unspecified atom stereocenters. The predicted octanol–water partition coefficient (Wildman–Crippen LogP) is 2.20. The lowest BCUT2D eigenvalue weighted by atomic mass is 9.94. The molecule has 0 amide bonds. The third kappa shape index (κ3) is 1.37. The number of carbonyl (C=O) groups is 1. The first-order chi connectivity index (χ1) is 8.08. The molecule has 0 saturated carbocycles. The van der Waals surface area contributed by atoms with Crippen molar-refractivity contribution in [2.75, 3.05) is 5.73 Å². The van der Waals surface area contributed by atoms with Crippen LogP contribution >= 0.6 is 15.9 Å². The van der Waals surface area contributed by atoms with Gasteiger partial charge < -0.3 is 11.5 Å². The number of allylic oxidation sites excluding steroid dienone is 4. The Hall–Kier alpha value is -1.81. The van der Waals surface area contributed by atoms with E-state index in [-0.39, 0.29) is 11.5 Å². The van der Waals surface area contributed by atoms with Crippen LogP contribution in [0, 0.1) is 0 Å². The van der Waals surface area contributed by atoms with Gasteiger partial charge in [-0.15, -0.1) is 0 Å². The summed E-state index contributed by atoms with van der Waals surface area (Å²) in [6, 6.07) is 5.61. The molecule has 0 aliphatic heterocycles. The van der Waals surface area contributed by atoms with Crippen molar-refractivity contribution in [2.45, 2.75) is 0 Å². The van der Waals surface area contributed by atoms with Crippen molar-refractivity contribution < 1.29 is 4.79 Å². The summed E-state index contributed by atoms with van der Waals surface area (Å²) in [5, 5.41) is 0. The summed E-state index contributed by atoms with van der Waals surface area (Å²) < 4.78 is 0.837. The standard InChI is InChI=1S/C13H9BrN2O/c14-10-5-11(16)13(17)9-4-6-3-7(15)1-2-8(6)12(9)10/h1-5H,15-16H2. The summed E-state index contributed by atoms with van der Waals surface area (Å²) >= 11 is 3.45. The molecule has 0 saturated heterocycles. The summed E-state index contributed by atoms with van der Waals surface area (Å²) in [7, 11) is 0. The maximum absolute atomic E-state index is 12.0. The van der Waals surface area contributed by atoms with Crippen LogP contribution in [0.5, 0.6) is 0 Å². The van der Waals surface area contributed by atoms with Crippen LogP contribution in [0.4, 0.5) is 5.69 Å². The van der Waals surface area contributed by atoms with Gasteiger partial charge in [-0.2, -0.15) is 0 Å². The molecule has 84 valence electrons. The van der Waals surface area contributed by atoms with E-state index in [9.17, 15) is 4.79 Å². The summed E-state index contributed by atoms with van der Waals surface area (Å²) in [6.07, 6.45) is 3.49. The van der Waals surface area contributed by atoms with Gasteiger partial charge in [-0.25, -0.2) is 0 Å². The fraction of sp³-hybridized carbons (Fsp3) is 0. The molecule has 0 bridgehead atoms. The zero-order valence-electron chi connectivity index (χ0n) is 8.83. The van der Waals surface area contributed by atoms with Crippen LogP contribution in [-0.4, -0.2) is 5.78 Å². The van der Waals surface area contributed by atoms with Gasteiger partial charge in [0.1, 0.15) is 0 Å². The molecule has 4 heteroatoms. The zero-order valence-corrected chi connectivity index (χ0v) is 10.4. The van der Waals surface area contributed by atoms with Gasteiger partial charge in [-0.1, -0.05) is 22.0 Å². The van der Waals surface area contributed by atoms with E-state index in [0.29, 0.717) is 11.3 Å². The molecule has 0 heterocycles. The smallest absolute Gasteiger partial charge is 0.209 e. The van der Waals surface area contributed by atoms with E-state index < -0.39 is 0 Å². The Morgan fingerprint density at radius 2 is 1.88 bits per heavy atom. The molecule has 0 fully saturated rings. The molecule has 1 aromatic rings. The Balaban J connectivity index is 2.31. The fourth-order valence-corrected chi connectivity index (χ4v) is 2.84. The van der Waals surface area contributed by atoms with Crippen LogP contribution in [0.1, 0.15) is 11.1 Å². The van der Waals surface area contributed by atoms with E-state index >= 15 is 0 Å². The lowest BCUT2D eigenvalue weighted by Crippen LogP contribution is -2.16. The van der Waals surface area contributed by atoms with Gasteiger partial charge in [-0.3, -0.25) is 4.79 Å². The van der Waals surface area contributed by atoms with E-state index in [2.05, 4.69) is 15.9 Å². The number of hydrogen-bond donors (Lipinski definition) is 2. The molecule has 3 nitrogen and oxygen atoms in total. The van der Waals surface area contributed by atoms with Crippen molar-refractivity contribution in [3.63, 3.8) is 0 Å². The van der Waals surface area contributed by atoms with Gasteiger partial charge in [-0.05, 0) is 35.4 Å². The second-order valence-electron chi connectivity index (χ2n) is 4.06. The molecular weight excluding hydrogens is 280 g/mol. The minimum atomic E-state index is -0.127. The number of halogens is 1. The number of fused-ring (bicyclic) bond motifs is 3. The quantitative estimate of drug-likeness (QED) is 0.719. The zero-order chi connectivity index (χ0) is 12.2. The lowest BCUT2D eigenvalue weighted by molar-refractivity contribution is -0.111. The second kappa shape index (κ2) is 3.34. The first kappa shape index (κ1) is 10.4. The number of anilines is 1. The first-order valence-corrected chi connectivity index (χ1v) is 5.91. The number of rotatable bonds is 0. The van der Waals surface area contributed by atoms with Crippen molar-refractivity contribution in [2.24, 2.45) is 5.73 Å². The Labute approximate surface area is 107 Å². The van der Waals surface area contributed by atoms with Gasteiger partial charge in [0.25, 0.3) is 0 Å². The topological polar surface area (TPSA) is 69.1 Å². The van der Waals surface area contributed by atoms with E-state index in [4.69, 9.17) is 11.5 Å². The van der Waals surface area contributed by atoms with E-state index in [1.165, 1.54) is 0 Å². The third-order valence-corrected chi connectivity index (χ3v) is 3.57. The molecule has 0 spiro atoms. The summed E-state index contributed by atoms with van der Waals surface area (Å²) in [5.74, 6) is -0.127. The van der Waals surface area contributed by atoms with Crippen molar-refractivity contribution in [3.8, 4) is 0 Å². The third-order valence-electron chi connectivity index (χ3n) is 2.94. The second-order valence-corrected chi connectivity index (χ2v) is 4.91. The SMILES string of the molecule is NC1=CC(Br)=C2C(=Cc3cc(N)ccc32)C1=O. The Morgan fingerprint density at radius 3 is 2.65 bits per heavy atom. The molecule has 17 heavy (non-hydrogen) atoms. The average Bonchev–Trinajstić information content (AvgIpc) is 2.64. The van der Waals surface area contributed by atoms with Crippen molar-refractivity contribution in [3.05, 3.63) is 51.2 Å².